The first-order chi connectivity index (χ1) is 9.51. The van der Waals surface area contributed by atoms with Crippen LogP contribution in [0.15, 0.2) is 30.3 Å². The second-order valence-corrected chi connectivity index (χ2v) is 6.17. The molecule has 0 heterocycles. The summed E-state index contributed by atoms with van der Waals surface area (Å²) >= 11 is 0. The predicted octanol–water partition coefficient (Wildman–Crippen LogP) is 3.04. The van der Waals surface area contributed by atoms with Crippen molar-refractivity contribution in [2.75, 3.05) is 26.9 Å². The Balaban J connectivity index is 2.21. The number of hydrogen-bond acceptors (Lipinski definition) is 3. The highest BCUT2D eigenvalue weighted by Gasteiger charge is 2.14. The zero-order valence-corrected chi connectivity index (χ0v) is 13.3. The molecule has 3 heteroatoms. The molecule has 0 radical (unpaired) electrons. The normalized spacial score (nSPS) is 13.4. The topological polar surface area (TPSA) is 30.5 Å². The molecule has 114 valence electrons. The molecule has 1 unspecified atom stereocenters. The molecule has 20 heavy (non-hydrogen) atoms. The number of ether oxygens (including phenoxy) is 2. The minimum Gasteiger partial charge on any atom is -0.382 e. The van der Waals surface area contributed by atoms with Crippen molar-refractivity contribution in [3.8, 4) is 0 Å². The van der Waals surface area contributed by atoms with Crippen molar-refractivity contribution in [2.24, 2.45) is 0 Å². The largest absolute Gasteiger partial charge is 0.382 e. The van der Waals surface area contributed by atoms with Crippen LogP contribution in [-0.2, 0) is 15.9 Å². The molecule has 1 aromatic carbocycles. The lowest BCUT2D eigenvalue weighted by Crippen LogP contribution is -2.43. The van der Waals surface area contributed by atoms with Gasteiger partial charge in [-0.1, -0.05) is 30.3 Å². The van der Waals surface area contributed by atoms with Crippen molar-refractivity contribution in [2.45, 2.75) is 45.3 Å². The van der Waals surface area contributed by atoms with Crippen LogP contribution in [0.2, 0.25) is 0 Å². The minimum atomic E-state index is 0.111. The van der Waals surface area contributed by atoms with Crippen LogP contribution in [0, 0.1) is 0 Å². The Kier molecular flexibility index (Phi) is 7.82. The van der Waals surface area contributed by atoms with Crippen LogP contribution in [0.5, 0.6) is 0 Å². The van der Waals surface area contributed by atoms with Crippen LogP contribution in [-0.4, -0.2) is 38.5 Å². The third kappa shape index (κ3) is 8.31. The summed E-state index contributed by atoms with van der Waals surface area (Å²) in [6.07, 6.45) is 2.22. The Morgan fingerprint density at radius 2 is 1.85 bits per heavy atom. The zero-order valence-electron chi connectivity index (χ0n) is 13.3. The van der Waals surface area contributed by atoms with Crippen molar-refractivity contribution in [3.63, 3.8) is 0 Å². The van der Waals surface area contributed by atoms with Gasteiger partial charge in [-0.05, 0) is 39.2 Å². The molecule has 1 aromatic rings. The van der Waals surface area contributed by atoms with Crippen LogP contribution >= 0.6 is 0 Å². The number of aryl methyl sites for hydroxylation is 1. The van der Waals surface area contributed by atoms with Gasteiger partial charge in [-0.3, -0.25) is 0 Å². The van der Waals surface area contributed by atoms with E-state index in [1.165, 1.54) is 5.56 Å². The molecular formula is C17H29NO2. The van der Waals surface area contributed by atoms with Crippen molar-refractivity contribution in [1.29, 1.82) is 0 Å². The summed E-state index contributed by atoms with van der Waals surface area (Å²) in [6.45, 7) is 8.70. The summed E-state index contributed by atoms with van der Waals surface area (Å²) in [4.78, 5) is 0. The fraction of sp³-hybridized carbons (Fsp3) is 0.647. The van der Waals surface area contributed by atoms with E-state index < -0.39 is 0 Å². The lowest BCUT2D eigenvalue weighted by Gasteiger charge is -2.25. The zero-order chi connectivity index (χ0) is 14.8. The van der Waals surface area contributed by atoms with Gasteiger partial charge >= 0.3 is 0 Å². The van der Waals surface area contributed by atoms with E-state index >= 15 is 0 Å². The number of rotatable bonds is 9. The minimum absolute atomic E-state index is 0.111. The average Bonchev–Trinajstić information content (AvgIpc) is 2.41. The molecule has 1 rings (SSSR count). The highest BCUT2D eigenvalue weighted by atomic mass is 16.5. The monoisotopic (exact) mass is 279 g/mol. The molecular weight excluding hydrogens is 250 g/mol. The maximum absolute atomic E-state index is 5.91. The van der Waals surface area contributed by atoms with Crippen LogP contribution in [0.3, 0.4) is 0 Å². The SMILES string of the molecule is COCC(CNC(C)(C)C)OCCCc1ccccc1. The van der Waals surface area contributed by atoms with Gasteiger partial charge in [0.2, 0.25) is 0 Å². The van der Waals surface area contributed by atoms with Crippen molar-refractivity contribution < 1.29 is 9.47 Å². The summed E-state index contributed by atoms with van der Waals surface area (Å²) in [5, 5.41) is 3.46. The number of hydrogen-bond donors (Lipinski definition) is 1. The van der Waals surface area contributed by atoms with E-state index in [4.69, 9.17) is 9.47 Å². The molecule has 0 spiro atoms. The van der Waals surface area contributed by atoms with Gasteiger partial charge in [0.15, 0.2) is 0 Å². The van der Waals surface area contributed by atoms with Gasteiger partial charge in [0.1, 0.15) is 0 Å². The molecule has 0 fully saturated rings. The van der Waals surface area contributed by atoms with Crippen LogP contribution < -0.4 is 5.32 Å². The second kappa shape index (κ2) is 9.11. The van der Waals surface area contributed by atoms with Gasteiger partial charge < -0.3 is 14.8 Å². The van der Waals surface area contributed by atoms with Crippen molar-refractivity contribution in [1.82, 2.24) is 5.32 Å². The van der Waals surface area contributed by atoms with E-state index in [0.29, 0.717) is 6.61 Å². The van der Waals surface area contributed by atoms with Crippen molar-refractivity contribution >= 4 is 0 Å². The Labute approximate surface area is 123 Å². The Morgan fingerprint density at radius 3 is 2.45 bits per heavy atom. The molecule has 1 atom stereocenters. The van der Waals surface area contributed by atoms with Crippen LogP contribution in [0.1, 0.15) is 32.8 Å². The smallest absolute Gasteiger partial charge is 0.0932 e. The third-order valence-corrected chi connectivity index (χ3v) is 3.02. The lowest BCUT2D eigenvalue weighted by molar-refractivity contribution is -0.00455. The molecule has 0 amide bonds. The second-order valence-electron chi connectivity index (χ2n) is 6.17. The average molecular weight is 279 g/mol. The summed E-state index contributed by atoms with van der Waals surface area (Å²) in [5.41, 5.74) is 1.48. The molecule has 0 saturated carbocycles. The number of methoxy groups -OCH3 is 1. The molecule has 3 nitrogen and oxygen atoms in total. The molecule has 0 aromatic heterocycles. The highest BCUT2D eigenvalue weighted by molar-refractivity contribution is 5.14. The maximum atomic E-state index is 5.91. The van der Waals surface area contributed by atoms with Gasteiger partial charge in [0, 0.05) is 25.8 Å². The summed E-state index contributed by atoms with van der Waals surface area (Å²) in [7, 11) is 1.72. The molecule has 0 aliphatic carbocycles. The number of nitrogens with one attached hydrogen (secondary N) is 1. The fourth-order valence-electron chi connectivity index (χ4n) is 1.94. The summed E-state index contributed by atoms with van der Waals surface area (Å²) < 4.78 is 11.1. The quantitative estimate of drug-likeness (QED) is 0.705. The molecule has 0 aliphatic heterocycles. The van der Waals surface area contributed by atoms with Crippen LogP contribution in [0.25, 0.3) is 0 Å². The third-order valence-electron chi connectivity index (χ3n) is 3.02. The molecule has 0 bridgehead atoms. The van der Waals surface area contributed by atoms with Crippen molar-refractivity contribution in [3.05, 3.63) is 35.9 Å². The Morgan fingerprint density at radius 1 is 1.15 bits per heavy atom. The van der Waals surface area contributed by atoms with E-state index in [9.17, 15) is 0 Å². The highest BCUT2D eigenvalue weighted by Crippen LogP contribution is 2.05. The van der Waals surface area contributed by atoms with E-state index in [1.807, 2.05) is 6.07 Å². The van der Waals surface area contributed by atoms with E-state index in [0.717, 1.165) is 26.0 Å². The first-order valence-electron chi connectivity index (χ1n) is 7.41. The summed E-state index contributed by atoms with van der Waals surface area (Å²) in [6, 6.07) is 10.5. The van der Waals surface area contributed by atoms with Gasteiger partial charge in [-0.2, -0.15) is 0 Å². The maximum Gasteiger partial charge on any atom is 0.0932 e. The first-order valence-corrected chi connectivity index (χ1v) is 7.41. The molecule has 1 N–H and O–H groups in total. The molecule has 0 saturated heterocycles. The van der Waals surface area contributed by atoms with Gasteiger partial charge in [0.05, 0.1) is 12.7 Å². The standard InChI is InChI=1S/C17H29NO2/c1-17(2,3)18-13-16(14-19-4)20-12-8-11-15-9-6-5-7-10-15/h5-7,9-10,16,18H,8,11-14H2,1-4H3. The lowest BCUT2D eigenvalue weighted by atomic mass is 10.1. The molecule has 0 aliphatic rings. The van der Waals surface area contributed by atoms with Crippen LogP contribution in [0.4, 0.5) is 0 Å². The van der Waals surface area contributed by atoms with Gasteiger partial charge in [0.25, 0.3) is 0 Å². The van der Waals surface area contributed by atoms with E-state index in [1.54, 1.807) is 7.11 Å². The predicted molar refractivity (Wildman–Crippen MR) is 84.1 cm³/mol. The number of benzene rings is 1. The Hall–Kier alpha value is -0.900. The summed E-state index contributed by atoms with van der Waals surface area (Å²) in [5.74, 6) is 0. The van der Waals surface area contributed by atoms with Gasteiger partial charge in [-0.25, -0.2) is 0 Å². The first kappa shape index (κ1) is 17.2. The Bertz CT molecular complexity index is 346. The fourth-order valence-corrected chi connectivity index (χ4v) is 1.94. The van der Waals surface area contributed by atoms with E-state index in [2.05, 4.69) is 50.4 Å². The van der Waals surface area contributed by atoms with E-state index in [-0.39, 0.29) is 11.6 Å². The van der Waals surface area contributed by atoms with Gasteiger partial charge in [-0.15, -0.1) is 0 Å².